The monoisotopic (exact) mass is 198 g/mol. The Morgan fingerprint density at radius 2 is 2.15 bits per heavy atom. The molecule has 3 nitrogen and oxygen atoms in total. The molecule has 1 saturated heterocycles. The number of carbonyl (C=O) groups excluding carboxylic acids is 1. The van der Waals surface area contributed by atoms with Gasteiger partial charge in [0.2, 0.25) is 0 Å². The van der Waals surface area contributed by atoms with Crippen molar-refractivity contribution in [3.05, 3.63) is 0 Å². The molecule has 0 saturated carbocycles. The van der Waals surface area contributed by atoms with Crippen molar-refractivity contribution in [1.29, 1.82) is 0 Å². The maximum Gasteiger partial charge on any atom is 0.415 e. The highest BCUT2D eigenvalue weighted by Crippen LogP contribution is 2.34. The smallest absolute Gasteiger partial charge is 0.415 e. The van der Waals surface area contributed by atoms with Crippen molar-refractivity contribution in [2.24, 2.45) is 5.92 Å². The fourth-order valence-electron chi connectivity index (χ4n) is 1.30. The molecule has 13 heavy (non-hydrogen) atoms. The van der Waals surface area contributed by atoms with Crippen molar-refractivity contribution in [3.8, 4) is 0 Å². The molecule has 2 unspecified atom stereocenters. The quantitative estimate of drug-likeness (QED) is 0.592. The van der Waals surface area contributed by atoms with Gasteiger partial charge in [0, 0.05) is 6.61 Å². The van der Waals surface area contributed by atoms with E-state index in [1.807, 2.05) is 0 Å². The number of rotatable bonds is 1. The van der Waals surface area contributed by atoms with E-state index in [1.54, 1.807) is 0 Å². The van der Waals surface area contributed by atoms with Crippen molar-refractivity contribution >= 4 is 5.97 Å². The van der Waals surface area contributed by atoms with Gasteiger partial charge in [-0.1, -0.05) is 0 Å². The molecule has 0 bridgehead atoms. The summed E-state index contributed by atoms with van der Waals surface area (Å²) in [6, 6.07) is 0. The number of halogens is 3. The van der Waals surface area contributed by atoms with Crippen LogP contribution in [0, 0.1) is 5.92 Å². The molecular weight excluding hydrogens is 189 g/mol. The minimum Gasteiger partial charge on any atom is -0.469 e. The van der Waals surface area contributed by atoms with Crippen LogP contribution in [0.15, 0.2) is 0 Å². The van der Waals surface area contributed by atoms with E-state index in [-0.39, 0.29) is 13.0 Å². The second-order valence-corrected chi connectivity index (χ2v) is 2.75. The molecule has 1 aliphatic heterocycles. The van der Waals surface area contributed by atoms with Gasteiger partial charge in [-0.25, -0.2) is 0 Å². The van der Waals surface area contributed by atoms with Gasteiger partial charge < -0.3 is 9.47 Å². The predicted molar refractivity (Wildman–Crippen MR) is 35.9 cm³/mol. The summed E-state index contributed by atoms with van der Waals surface area (Å²) in [4.78, 5) is 10.9. The number of ether oxygens (including phenoxy) is 2. The molecule has 1 rings (SSSR count). The zero-order valence-corrected chi connectivity index (χ0v) is 6.93. The van der Waals surface area contributed by atoms with Crippen molar-refractivity contribution in [1.82, 2.24) is 0 Å². The van der Waals surface area contributed by atoms with Crippen LogP contribution in [0.25, 0.3) is 0 Å². The van der Waals surface area contributed by atoms with Crippen molar-refractivity contribution in [2.75, 3.05) is 13.7 Å². The lowest BCUT2D eigenvalue weighted by atomic mass is 10.0. The van der Waals surface area contributed by atoms with Gasteiger partial charge in [0.1, 0.15) is 0 Å². The van der Waals surface area contributed by atoms with Gasteiger partial charge in [0.15, 0.2) is 6.10 Å². The molecule has 1 fully saturated rings. The fourth-order valence-corrected chi connectivity index (χ4v) is 1.30. The van der Waals surface area contributed by atoms with Gasteiger partial charge in [0.05, 0.1) is 13.0 Å². The average molecular weight is 198 g/mol. The highest BCUT2D eigenvalue weighted by atomic mass is 19.4. The van der Waals surface area contributed by atoms with E-state index in [0.717, 1.165) is 7.11 Å². The summed E-state index contributed by atoms with van der Waals surface area (Å²) in [6.07, 6.45) is -6.42. The lowest BCUT2D eigenvalue weighted by Gasteiger charge is -2.18. The first kappa shape index (κ1) is 10.3. The Morgan fingerprint density at radius 1 is 1.54 bits per heavy atom. The van der Waals surface area contributed by atoms with E-state index in [9.17, 15) is 18.0 Å². The van der Waals surface area contributed by atoms with Gasteiger partial charge in [-0.3, -0.25) is 4.79 Å². The molecule has 6 heteroatoms. The van der Waals surface area contributed by atoms with Crippen LogP contribution in [0.1, 0.15) is 6.42 Å². The first-order valence-electron chi connectivity index (χ1n) is 3.73. The standard InChI is InChI=1S/C7H9F3O3/c1-12-6(11)4-2-3-13-5(4)7(8,9)10/h4-5H,2-3H2,1H3. The van der Waals surface area contributed by atoms with Crippen molar-refractivity contribution in [2.45, 2.75) is 18.7 Å². The molecule has 1 aliphatic rings. The van der Waals surface area contributed by atoms with Crippen molar-refractivity contribution in [3.63, 3.8) is 0 Å². The molecule has 2 atom stereocenters. The second-order valence-electron chi connectivity index (χ2n) is 2.75. The van der Waals surface area contributed by atoms with Gasteiger partial charge in [0.25, 0.3) is 0 Å². The second kappa shape index (κ2) is 3.53. The summed E-state index contributed by atoms with van der Waals surface area (Å²) in [5.41, 5.74) is 0. The Morgan fingerprint density at radius 3 is 2.62 bits per heavy atom. The highest BCUT2D eigenvalue weighted by Gasteiger charge is 2.51. The topological polar surface area (TPSA) is 35.5 Å². The number of methoxy groups -OCH3 is 1. The Balaban J connectivity index is 2.70. The summed E-state index contributed by atoms with van der Waals surface area (Å²) >= 11 is 0. The van der Waals surface area contributed by atoms with Crippen LogP contribution >= 0.6 is 0 Å². The van der Waals surface area contributed by atoms with E-state index >= 15 is 0 Å². The third-order valence-electron chi connectivity index (χ3n) is 1.92. The number of hydrogen-bond acceptors (Lipinski definition) is 3. The van der Waals surface area contributed by atoms with Crippen LogP contribution in [-0.4, -0.2) is 32.0 Å². The molecule has 0 aromatic rings. The Bertz CT molecular complexity index is 202. The minimum absolute atomic E-state index is 0.0516. The number of alkyl halides is 3. The highest BCUT2D eigenvalue weighted by molar-refractivity contribution is 5.73. The summed E-state index contributed by atoms with van der Waals surface area (Å²) in [5.74, 6) is -2.06. The summed E-state index contributed by atoms with van der Waals surface area (Å²) in [6.45, 7) is -0.0516. The molecule has 0 N–H and O–H groups in total. The largest absolute Gasteiger partial charge is 0.469 e. The van der Waals surface area contributed by atoms with Crippen LogP contribution in [0.2, 0.25) is 0 Å². The number of carbonyl (C=O) groups is 1. The zero-order chi connectivity index (χ0) is 10.1. The minimum atomic E-state index is -4.49. The van der Waals surface area contributed by atoms with E-state index in [4.69, 9.17) is 0 Å². The van der Waals surface area contributed by atoms with Crippen LogP contribution in [-0.2, 0) is 14.3 Å². The molecular formula is C7H9F3O3. The van der Waals surface area contributed by atoms with E-state index < -0.39 is 24.2 Å². The molecule has 76 valence electrons. The molecule has 0 radical (unpaired) electrons. The molecule has 0 spiro atoms. The zero-order valence-electron chi connectivity index (χ0n) is 6.93. The SMILES string of the molecule is COC(=O)C1CCOC1C(F)(F)F. The third-order valence-corrected chi connectivity index (χ3v) is 1.92. The molecule has 1 heterocycles. The van der Waals surface area contributed by atoms with Gasteiger partial charge in [-0.15, -0.1) is 0 Å². The fraction of sp³-hybridized carbons (Fsp3) is 0.857. The molecule has 0 aromatic carbocycles. The van der Waals surface area contributed by atoms with Gasteiger partial charge in [-0.05, 0) is 6.42 Å². The predicted octanol–water partition coefficient (Wildman–Crippen LogP) is 1.13. The number of hydrogen-bond donors (Lipinski definition) is 0. The first-order valence-corrected chi connectivity index (χ1v) is 3.73. The van der Waals surface area contributed by atoms with Crippen LogP contribution in [0.4, 0.5) is 13.2 Å². The van der Waals surface area contributed by atoms with E-state index in [2.05, 4.69) is 9.47 Å². The maximum absolute atomic E-state index is 12.2. The average Bonchev–Trinajstić information content (AvgIpc) is 2.49. The molecule has 0 aliphatic carbocycles. The van der Waals surface area contributed by atoms with Crippen LogP contribution in [0.5, 0.6) is 0 Å². The van der Waals surface area contributed by atoms with Gasteiger partial charge in [-0.2, -0.15) is 13.2 Å². The summed E-state index contributed by atoms with van der Waals surface area (Å²) < 4.78 is 45.2. The van der Waals surface area contributed by atoms with E-state index in [1.165, 1.54) is 0 Å². The summed E-state index contributed by atoms with van der Waals surface area (Å²) in [7, 11) is 1.06. The van der Waals surface area contributed by atoms with Crippen molar-refractivity contribution < 1.29 is 27.4 Å². The van der Waals surface area contributed by atoms with E-state index in [0.29, 0.717) is 0 Å². The molecule has 0 amide bonds. The molecule has 0 aromatic heterocycles. The normalized spacial score (nSPS) is 28.9. The Kier molecular flexibility index (Phi) is 2.80. The van der Waals surface area contributed by atoms with Crippen LogP contribution < -0.4 is 0 Å². The summed E-state index contributed by atoms with van der Waals surface area (Å²) in [5, 5.41) is 0. The first-order chi connectivity index (χ1) is 5.96. The van der Waals surface area contributed by atoms with Gasteiger partial charge >= 0.3 is 12.1 Å². The lowest BCUT2D eigenvalue weighted by Crippen LogP contribution is -2.37. The maximum atomic E-state index is 12.2. The lowest BCUT2D eigenvalue weighted by molar-refractivity contribution is -0.219. The number of esters is 1. The Hall–Kier alpha value is -0.780. The third kappa shape index (κ3) is 2.12. The van der Waals surface area contributed by atoms with Crippen LogP contribution in [0.3, 0.4) is 0 Å². The Labute approximate surface area is 72.8 Å².